The predicted octanol–water partition coefficient (Wildman–Crippen LogP) is 0.400. The second-order valence-corrected chi connectivity index (χ2v) is 10.0. The number of aryl methyl sites for hydroxylation is 6. The summed E-state index contributed by atoms with van der Waals surface area (Å²) < 4.78 is 0. The summed E-state index contributed by atoms with van der Waals surface area (Å²) in [6, 6.07) is 13.0. The topological polar surface area (TPSA) is 37.6 Å². The maximum atomic E-state index is 6.61. The normalized spacial score (nSPS) is 11.1. The van der Waals surface area contributed by atoms with Crippen LogP contribution in [0.1, 0.15) is 100 Å². The minimum absolute atomic E-state index is 0. The van der Waals surface area contributed by atoms with Gasteiger partial charge in [0.2, 0.25) is 0 Å². The van der Waals surface area contributed by atoms with E-state index in [1.165, 1.54) is 33.4 Å². The van der Waals surface area contributed by atoms with E-state index in [4.69, 9.17) is 26.6 Å². The molecule has 1 radical (unpaired) electrons. The molecule has 0 spiro atoms. The maximum absolute atomic E-state index is 6.61. The molecule has 0 aliphatic carbocycles. The van der Waals surface area contributed by atoms with Crippen LogP contribution in [0.5, 0.6) is 0 Å². The van der Waals surface area contributed by atoms with E-state index in [2.05, 4.69) is 65.8 Å². The van der Waals surface area contributed by atoms with E-state index in [0.29, 0.717) is 5.02 Å². The number of benzene rings is 2. The van der Waals surface area contributed by atoms with Crippen molar-refractivity contribution < 1.29 is 54.3 Å². The molecule has 2 aromatic carbocycles. The molecule has 0 amide bonds. The summed E-state index contributed by atoms with van der Waals surface area (Å²) in [6.45, 7) is 17.2. The molecular weight excluding hydrogens is 636 g/mol. The van der Waals surface area contributed by atoms with Crippen molar-refractivity contribution in [1.82, 2.24) is 4.98 Å². The first-order chi connectivity index (χ1) is 17.8. The van der Waals surface area contributed by atoms with Crippen LogP contribution in [0.2, 0.25) is 5.02 Å². The fraction of sp³-hybridized carbons (Fsp3) is 0.424. The molecule has 0 aliphatic rings. The molecular formula is C33H42Cl4FeN3. The number of nitrogens with zero attached hydrogens (tertiary/aromatic N) is 3. The van der Waals surface area contributed by atoms with E-state index in [1.807, 2.05) is 26.0 Å². The molecule has 3 nitrogen and oxygen atoms in total. The van der Waals surface area contributed by atoms with Crippen LogP contribution in [0, 0.1) is 0 Å². The van der Waals surface area contributed by atoms with E-state index in [-0.39, 0.29) is 54.3 Å². The Kier molecular flexibility index (Phi) is 20.1. The number of aliphatic imine (C=N–C) groups is 2. The summed E-state index contributed by atoms with van der Waals surface area (Å²) in [7, 11) is 0. The zero-order valence-corrected chi connectivity index (χ0v) is 29.5. The summed E-state index contributed by atoms with van der Waals surface area (Å²) in [5.41, 5.74) is 13.3. The molecule has 0 atom stereocenters. The van der Waals surface area contributed by atoms with Gasteiger partial charge in [-0.05, 0) is 97.9 Å². The van der Waals surface area contributed by atoms with E-state index >= 15 is 0 Å². The second kappa shape index (κ2) is 19.7. The number of pyridine rings is 1. The van der Waals surface area contributed by atoms with Gasteiger partial charge < -0.3 is 37.2 Å². The van der Waals surface area contributed by atoms with Gasteiger partial charge in [0.15, 0.2) is 0 Å². The van der Waals surface area contributed by atoms with Crippen LogP contribution in [-0.4, -0.2) is 16.4 Å². The summed E-state index contributed by atoms with van der Waals surface area (Å²) in [4.78, 5) is 15.2. The van der Waals surface area contributed by atoms with Crippen molar-refractivity contribution in [2.24, 2.45) is 9.98 Å². The fourth-order valence-corrected chi connectivity index (χ4v) is 4.96. The maximum Gasteiger partial charge on any atom is 3.00 e. The molecule has 0 N–H and O–H groups in total. The Morgan fingerprint density at radius 2 is 0.854 bits per heavy atom. The van der Waals surface area contributed by atoms with E-state index in [0.717, 1.165) is 72.7 Å². The van der Waals surface area contributed by atoms with Gasteiger partial charge in [-0.3, -0.25) is 9.98 Å². The molecule has 1 aromatic heterocycles. The van der Waals surface area contributed by atoms with Gasteiger partial charge in [0.05, 0.1) is 34.2 Å². The Bertz CT molecular complexity index is 1190. The Balaban J connectivity index is 0. The summed E-state index contributed by atoms with van der Waals surface area (Å²) in [5.74, 6) is 0. The molecule has 3 aromatic rings. The fourth-order valence-electron chi connectivity index (χ4n) is 4.76. The van der Waals surface area contributed by atoms with E-state index in [1.54, 1.807) is 0 Å². The molecule has 0 unspecified atom stereocenters. The zero-order chi connectivity index (χ0) is 27.1. The van der Waals surface area contributed by atoms with Crippen LogP contribution < -0.4 is 37.2 Å². The molecule has 8 heteroatoms. The van der Waals surface area contributed by atoms with Crippen molar-refractivity contribution in [1.29, 1.82) is 0 Å². The summed E-state index contributed by atoms with van der Waals surface area (Å²) in [5, 5.41) is 0.643. The van der Waals surface area contributed by atoms with Gasteiger partial charge in [0.25, 0.3) is 0 Å². The van der Waals surface area contributed by atoms with Gasteiger partial charge in [-0.2, -0.15) is 0 Å². The molecule has 3 rings (SSSR count). The summed E-state index contributed by atoms with van der Waals surface area (Å²) >= 11 is 6.61. The average molecular weight is 678 g/mol. The first kappa shape index (κ1) is 41.7. The number of hydrogen-bond acceptors (Lipinski definition) is 3. The van der Waals surface area contributed by atoms with Crippen molar-refractivity contribution in [3.05, 3.63) is 86.2 Å². The number of hydrogen-bond donors (Lipinski definition) is 0. The van der Waals surface area contributed by atoms with Gasteiger partial charge in [-0.15, -0.1) is 0 Å². The van der Waals surface area contributed by atoms with Crippen molar-refractivity contribution in [3.63, 3.8) is 0 Å². The molecule has 0 saturated carbocycles. The third-order valence-electron chi connectivity index (χ3n) is 7.09. The van der Waals surface area contributed by atoms with Crippen LogP contribution >= 0.6 is 11.6 Å². The molecule has 0 aliphatic heterocycles. The third kappa shape index (κ3) is 10.4. The van der Waals surface area contributed by atoms with Crippen LogP contribution in [0.4, 0.5) is 11.4 Å². The largest absolute Gasteiger partial charge is 3.00 e. The van der Waals surface area contributed by atoms with Crippen molar-refractivity contribution >= 4 is 34.4 Å². The summed E-state index contributed by atoms with van der Waals surface area (Å²) in [6.07, 6.45) is 5.85. The Hall–Kier alpha value is -1.39. The van der Waals surface area contributed by atoms with Gasteiger partial charge in [-0.1, -0.05) is 77.4 Å². The first-order valence-corrected chi connectivity index (χ1v) is 14.2. The van der Waals surface area contributed by atoms with E-state index < -0.39 is 0 Å². The van der Waals surface area contributed by atoms with Gasteiger partial charge in [0.1, 0.15) is 0 Å². The van der Waals surface area contributed by atoms with Crippen LogP contribution in [0.25, 0.3) is 0 Å². The zero-order valence-electron chi connectivity index (χ0n) is 25.4. The third-order valence-corrected chi connectivity index (χ3v) is 7.30. The van der Waals surface area contributed by atoms with Gasteiger partial charge >= 0.3 is 17.1 Å². The van der Waals surface area contributed by atoms with Crippen molar-refractivity contribution in [3.8, 4) is 0 Å². The number of aromatic nitrogens is 1. The minimum Gasteiger partial charge on any atom is -1.00 e. The molecule has 225 valence electrons. The Morgan fingerprint density at radius 3 is 1.10 bits per heavy atom. The molecule has 0 saturated heterocycles. The van der Waals surface area contributed by atoms with Crippen LogP contribution in [0.3, 0.4) is 0 Å². The quantitative estimate of drug-likeness (QED) is 0.226. The number of rotatable bonds is 10. The predicted molar refractivity (Wildman–Crippen MR) is 162 cm³/mol. The Labute approximate surface area is 282 Å². The van der Waals surface area contributed by atoms with Crippen molar-refractivity contribution in [2.45, 2.75) is 93.9 Å². The van der Waals surface area contributed by atoms with Gasteiger partial charge in [-0.25, -0.2) is 4.98 Å². The standard InChI is InChI=1S/C33H42ClN3.3ClH.Fe/c1-9-23-15-25(11-3)32(26(12-4)16-23)35-21(7)30-19-29(34)20-31(37-30)22(8)36-33-27(13-5)17-24(10-2)18-28(33)14-6;;;;/h15-20H,9-14H2,1-8H3;3*1H;/q;;;;+3/p-3. The van der Waals surface area contributed by atoms with Crippen LogP contribution in [0.15, 0.2) is 46.4 Å². The smallest absolute Gasteiger partial charge is 1.00 e. The molecule has 41 heavy (non-hydrogen) atoms. The van der Waals surface area contributed by atoms with E-state index in [9.17, 15) is 0 Å². The SMILES string of the molecule is CCc1cc(CC)c(N=C(C)c2cc(Cl)cc(C(C)=Nc3c(CC)cc(CC)cc3CC)n2)c(CC)c1.[Cl-].[Cl-].[Cl-].[Fe+3]. The second-order valence-electron chi connectivity index (χ2n) is 9.60. The molecule has 1 heterocycles. The minimum atomic E-state index is 0. The Morgan fingerprint density at radius 1 is 0.561 bits per heavy atom. The molecule has 0 bridgehead atoms. The van der Waals surface area contributed by atoms with Crippen molar-refractivity contribution in [2.75, 3.05) is 0 Å². The van der Waals surface area contributed by atoms with Crippen LogP contribution in [-0.2, 0) is 55.6 Å². The number of halogens is 4. The average Bonchev–Trinajstić information content (AvgIpc) is 2.92. The van der Waals surface area contributed by atoms with Gasteiger partial charge in [0, 0.05) is 5.02 Å². The first-order valence-electron chi connectivity index (χ1n) is 13.9. The monoisotopic (exact) mass is 676 g/mol. The molecule has 0 fully saturated rings.